The number of aromatic nitrogens is 2. The molecule has 0 fully saturated rings. The maximum Gasteiger partial charge on any atom is 0.325 e. The third kappa shape index (κ3) is 2.48. The SMILES string of the molecule is COC(=O)CNc1ccnn1C(C)C. The highest BCUT2D eigenvalue weighted by Gasteiger charge is 2.06. The quantitative estimate of drug-likeness (QED) is 0.733. The molecular weight excluding hydrogens is 182 g/mol. The molecule has 0 aromatic carbocycles. The lowest BCUT2D eigenvalue weighted by atomic mass is 10.4. The molecular formula is C9H15N3O2. The molecule has 1 aromatic heterocycles. The lowest BCUT2D eigenvalue weighted by Crippen LogP contribution is -2.18. The number of nitrogens with zero attached hydrogens (tertiary/aromatic N) is 2. The van der Waals surface area contributed by atoms with E-state index in [1.165, 1.54) is 7.11 Å². The summed E-state index contributed by atoms with van der Waals surface area (Å²) >= 11 is 0. The van der Waals surface area contributed by atoms with Crippen molar-refractivity contribution in [2.24, 2.45) is 0 Å². The highest BCUT2D eigenvalue weighted by atomic mass is 16.5. The molecule has 0 saturated carbocycles. The Balaban J connectivity index is 2.58. The molecule has 0 atom stereocenters. The number of anilines is 1. The van der Waals surface area contributed by atoms with Crippen LogP contribution in [0.1, 0.15) is 19.9 Å². The molecule has 0 unspecified atom stereocenters. The van der Waals surface area contributed by atoms with Gasteiger partial charge in [-0.2, -0.15) is 5.10 Å². The van der Waals surface area contributed by atoms with Crippen LogP contribution in [0.3, 0.4) is 0 Å². The fourth-order valence-corrected chi connectivity index (χ4v) is 1.10. The fraction of sp³-hybridized carbons (Fsp3) is 0.556. The first kappa shape index (κ1) is 10.6. The van der Waals surface area contributed by atoms with Gasteiger partial charge in [0.25, 0.3) is 0 Å². The van der Waals surface area contributed by atoms with Gasteiger partial charge >= 0.3 is 5.97 Å². The van der Waals surface area contributed by atoms with E-state index >= 15 is 0 Å². The summed E-state index contributed by atoms with van der Waals surface area (Å²) in [6.07, 6.45) is 1.69. The van der Waals surface area contributed by atoms with Crippen molar-refractivity contribution in [2.75, 3.05) is 19.0 Å². The van der Waals surface area contributed by atoms with Crippen molar-refractivity contribution in [3.8, 4) is 0 Å². The Hall–Kier alpha value is -1.52. The van der Waals surface area contributed by atoms with Crippen molar-refractivity contribution in [3.63, 3.8) is 0 Å². The molecule has 78 valence electrons. The van der Waals surface area contributed by atoms with Crippen LogP contribution < -0.4 is 5.32 Å². The average Bonchev–Trinajstić information content (AvgIpc) is 2.62. The van der Waals surface area contributed by atoms with Crippen molar-refractivity contribution in [1.82, 2.24) is 9.78 Å². The van der Waals surface area contributed by atoms with E-state index in [4.69, 9.17) is 0 Å². The van der Waals surface area contributed by atoms with Crippen LogP contribution in [0.25, 0.3) is 0 Å². The van der Waals surface area contributed by atoms with E-state index in [0.29, 0.717) is 0 Å². The number of ether oxygens (including phenoxy) is 1. The van der Waals surface area contributed by atoms with E-state index < -0.39 is 0 Å². The second kappa shape index (κ2) is 4.64. The lowest BCUT2D eigenvalue weighted by Gasteiger charge is -2.11. The van der Waals surface area contributed by atoms with Gasteiger partial charge in [0.15, 0.2) is 0 Å². The fourth-order valence-electron chi connectivity index (χ4n) is 1.10. The Morgan fingerprint density at radius 1 is 1.71 bits per heavy atom. The molecule has 1 N–H and O–H groups in total. The van der Waals surface area contributed by atoms with Crippen molar-refractivity contribution in [3.05, 3.63) is 12.3 Å². The van der Waals surface area contributed by atoms with E-state index in [1.807, 2.05) is 24.6 Å². The van der Waals surface area contributed by atoms with Crippen molar-refractivity contribution in [1.29, 1.82) is 0 Å². The van der Waals surface area contributed by atoms with Crippen molar-refractivity contribution >= 4 is 11.8 Å². The number of nitrogens with one attached hydrogen (secondary N) is 1. The van der Waals surface area contributed by atoms with E-state index in [0.717, 1.165) is 5.82 Å². The van der Waals surface area contributed by atoms with Gasteiger partial charge in [-0.15, -0.1) is 0 Å². The zero-order valence-electron chi connectivity index (χ0n) is 8.65. The molecule has 5 nitrogen and oxygen atoms in total. The van der Waals surface area contributed by atoms with Gasteiger partial charge in [-0.05, 0) is 13.8 Å². The summed E-state index contributed by atoms with van der Waals surface area (Å²) in [6.45, 7) is 4.21. The predicted octanol–water partition coefficient (Wildman–Crippen LogP) is 1.05. The van der Waals surface area contributed by atoms with Gasteiger partial charge < -0.3 is 10.1 Å². The van der Waals surface area contributed by atoms with Crippen LogP contribution in [0.2, 0.25) is 0 Å². The average molecular weight is 197 g/mol. The lowest BCUT2D eigenvalue weighted by molar-refractivity contribution is -0.138. The van der Waals surface area contributed by atoms with Crippen LogP contribution in [-0.4, -0.2) is 29.4 Å². The van der Waals surface area contributed by atoms with E-state index in [2.05, 4.69) is 15.2 Å². The molecule has 1 heterocycles. The number of esters is 1. The summed E-state index contributed by atoms with van der Waals surface area (Å²) in [5.74, 6) is 0.534. The third-order valence-corrected chi connectivity index (χ3v) is 1.80. The highest BCUT2D eigenvalue weighted by molar-refractivity contribution is 5.74. The smallest absolute Gasteiger partial charge is 0.325 e. The van der Waals surface area contributed by atoms with E-state index in [1.54, 1.807) is 6.20 Å². The molecule has 0 aliphatic heterocycles. The summed E-state index contributed by atoms with van der Waals surface area (Å²) in [5, 5.41) is 7.07. The molecule has 14 heavy (non-hydrogen) atoms. The van der Waals surface area contributed by atoms with Gasteiger partial charge in [-0.1, -0.05) is 0 Å². The Kier molecular flexibility index (Phi) is 3.50. The third-order valence-electron chi connectivity index (χ3n) is 1.80. The minimum Gasteiger partial charge on any atom is -0.468 e. The Morgan fingerprint density at radius 2 is 2.43 bits per heavy atom. The minimum absolute atomic E-state index is 0.162. The topological polar surface area (TPSA) is 56.1 Å². The first-order chi connectivity index (χ1) is 6.65. The summed E-state index contributed by atoms with van der Waals surface area (Å²) in [6, 6.07) is 2.09. The number of rotatable bonds is 4. The number of methoxy groups -OCH3 is 1. The van der Waals surface area contributed by atoms with Crippen LogP contribution >= 0.6 is 0 Å². The van der Waals surface area contributed by atoms with Crippen LogP contribution in [-0.2, 0) is 9.53 Å². The van der Waals surface area contributed by atoms with Gasteiger partial charge in [0.1, 0.15) is 12.4 Å². The van der Waals surface area contributed by atoms with Crippen LogP contribution in [0.4, 0.5) is 5.82 Å². The van der Waals surface area contributed by atoms with Gasteiger partial charge in [-0.25, -0.2) is 4.68 Å². The normalized spacial score (nSPS) is 10.3. The Labute approximate surface area is 83.1 Å². The Morgan fingerprint density at radius 3 is 3.00 bits per heavy atom. The molecule has 1 rings (SSSR count). The zero-order chi connectivity index (χ0) is 10.6. The van der Waals surface area contributed by atoms with E-state index in [9.17, 15) is 4.79 Å². The molecule has 1 aromatic rings. The minimum atomic E-state index is -0.290. The molecule has 0 aliphatic rings. The van der Waals surface area contributed by atoms with Gasteiger partial charge in [-0.3, -0.25) is 4.79 Å². The number of hydrogen-bond donors (Lipinski definition) is 1. The Bertz CT molecular complexity index is 307. The summed E-state index contributed by atoms with van der Waals surface area (Å²) in [7, 11) is 1.36. The number of carbonyl (C=O) groups is 1. The van der Waals surface area contributed by atoms with Crippen LogP contribution in [0.5, 0.6) is 0 Å². The van der Waals surface area contributed by atoms with E-state index in [-0.39, 0.29) is 18.6 Å². The zero-order valence-corrected chi connectivity index (χ0v) is 8.65. The molecule has 0 aliphatic carbocycles. The van der Waals surface area contributed by atoms with Gasteiger partial charge in [0, 0.05) is 12.1 Å². The van der Waals surface area contributed by atoms with Gasteiger partial charge in [0.2, 0.25) is 0 Å². The second-order valence-electron chi connectivity index (χ2n) is 3.18. The second-order valence-corrected chi connectivity index (χ2v) is 3.18. The molecule has 0 radical (unpaired) electrons. The number of hydrogen-bond acceptors (Lipinski definition) is 4. The first-order valence-corrected chi connectivity index (χ1v) is 4.49. The standard InChI is InChI=1S/C9H15N3O2/c1-7(2)12-8(4-5-11-12)10-6-9(13)14-3/h4-5,7,10H,6H2,1-3H3. The largest absolute Gasteiger partial charge is 0.468 e. The number of carbonyl (C=O) groups excluding carboxylic acids is 1. The molecule has 0 amide bonds. The van der Waals surface area contributed by atoms with Crippen LogP contribution in [0, 0.1) is 0 Å². The molecule has 0 spiro atoms. The molecule has 0 bridgehead atoms. The molecule has 0 saturated heterocycles. The highest BCUT2D eigenvalue weighted by Crippen LogP contribution is 2.12. The van der Waals surface area contributed by atoms with Gasteiger partial charge in [0.05, 0.1) is 13.3 Å². The summed E-state index contributed by atoms with van der Waals surface area (Å²) in [4.78, 5) is 10.9. The van der Waals surface area contributed by atoms with Crippen molar-refractivity contribution in [2.45, 2.75) is 19.9 Å². The maximum atomic E-state index is 10.9. The molecule has 5 heteroatoms. The van der Waals surface area contributed by atoms with Crippen LogP contribution in [0.15, 0.2) is 12.3 Å². The summed E-state index contributed by atoms with van der Waals surface area (Å²) < 4.78 is 6.33. The maximum absolute atomic E-state index is 10.9. The first-order valence-electron chi connectivity index (χ1n) is 4.49. The predicted molar refractivity (Wildman–Crippen MR) is 53.1 cm³/mol. The monoisotopic (exact) mass is 197 g/mol. The summed E-state index contributed by atoms with van der Waals surface area (Å²) in [5.41, 5.74) is 0. The van der Waals surface area contributed by atoms with Crippen molar-refractivity contribution < 1.29 is 9.53 Å².